The Bertz CT molecular complexity index is 565. The Morgan fingerprint density at radius 3 is 2.39 bits per heavy atom. The molecule has 0 atom stereocenters. The summed E-state index contributed by atoms with van der Waals surface area (Å²) in [5.41, 5.74) is 2.27. The molecule has 4 heteroatoms. The fraction of sp³-hybridized carbons (Fsp3) is 0.429. The van der Waals surface area contributed by atoms with E-state index in [1.807, 2.05) is 13.8 Å². The van der Waals surface area contributed by atoms with Gasteiger partial charge in [-0.05, 0) is 26.0 Å². The Balaban J connectivity index is 2.61. The molecule has 4 nitrogen and oxygen atoms in total. The van der Waals surface area contributed by atoms with Gasteiger partial charge in [0.2, 0.25) is 5.88 Å². The number of ether oxygens (including phenoxy) is 1. The highest BCUT2D eigenvalue weighted by Gasteiger charge is 2.14. The molecule has 0 bridgehead atoms. The van der Waals surface area contributed by atoms with Crippen LogP contribution >= 0.6 is 0 Å². The third kappa shape index (κ3) is 2.53. The molecule has 0 saturated heterocycles. The van der Waals surface area contributed by atoms with Crippen LogP contribution in [0, 0.1) is 0 Å². The summed E-state index contributed by atoms with van der Waals surface area (Å²) in [6, 6.07) is 4.98. The van der Waals surface area contributed by atoms with Gasteiger partial charge in [0, 0.05) is 12.0 Å². The summed E-state index contributed by atoms with van der Waals surface area (Å²) in [5, 5.41) is 9.47. The predicted octanol–water partition coefficient (Wildman–Crippen LogP) is 3.25. The van der Waals surface area contributed by atoms with Gasteiger partial charge in [0.05, 0.1) is 17.1 Å². The summed E-state index contributed by atoms with van der Waals surface area (Å²) in [7, 11) is 0. The van der Waals surface area contributed by atoms with Gasteiger partial charge in [0.15, 0.2) is 0 Å². The maximum Gasteiger partial charge on any atom is 0.236 e. The minimum absolute atomic E-state index is 0.0477. The molecular formula is C14H18N2O2. The molecule has 96 valence electrons. The van der Waals surface area contributed by atoms with Crippen molar-refractivity contribution in [3.63, 3.8) is 0 Å². The molecule has 0 spiro atoms. The molecule has 1 aromatic heterocycles. The molecule has 0 aliphatic carbocycles. The lowest BCUT2D eigenvalue weighted by atomic mass is 10.1. The second-order valence-electron chi connectivity index (χ2n) is 4.91. The summed E-state index contributed by atoms with van der Waals surface area (Å²) in [4.78, 5) is 9.02. The molecule has 0 aliphatic rings. The summed E-state index contributed by atoms with van der Waals surface area (Å²) < 4.78 is 5.70. The lowest BCUT2D eigenvalue weighted by Crippen LogP contribution is -2.11. The van der Waals surface area contributed by atoms with Crippen molar-refractivity contribution in [2.75, 3.05) is 0 Å². The maximum absolute atomic E-state index is 9.47. The summed E-state index contributed by atoms with van der Waals surface area (Å²) >= 11 is 0. The van der Waals surface area contributed by atoms with Gasteiger partial charge >= 0.3 is 0 Å². The molecule has 2 rings (SSSR count). The number of aromatic hydroxyl groups is 1. The number of benzene rings is 1. The van der Waals surface area contributed by atoms with Crippen molar-refractivity contribution in [1.82, 2.24) is 9.97 Å². The second kappa shape index (κ2) is 4.80. The van der Waals surface area contributed by atoms with Crippen LogP contribution in [0.15, 0.2) is 18.2 Å². The Morgan fingerprint density at radius 1 is 1.06 bits per heavy atom. The van der Waals surface area contributed by atoms with Crippen LogP contribution in [0.3, 0.4) is 0 Å². The minimum atomic E-state index is 0.0477. The monoisotopic (exact) mass is 246 g/mol. The van der Waals surface area contributed by atoms with E-state index in [0.717, 1.165) is 11.2 Å². The van der Waals surface area contributed by atoms with Crippen LogP contribution in [0.4, 0.5) is 0 Å². The minimum Gasteiger partial charge on any atom is -0.508 e. The third-order valence-electron chi connectivity index (χ3n) is 2.54. The van der Waals surface area contributed by atoms with Crippen LogP contribution < -0.4 is 4.74 Å². The van der Waals surface area contributed by atoms with Crippen LogP contribution in [0.2, 0.25) is 0 Å². The van der Waals surface area contributed by atoms with Gasteiger partial charge in [-0.3, -0.25) is 0 Å². The average molecular weight is 246 g/mol. The van der Waals surface area contributed by atoms with Gasteiger partial charge in [0.25, 0.3) is 0 Å². The number of phenols is 1. The van der Waals surface area contributed by atoms with Crippen molar-refractivity contribution in [3.05, 3.63) is 23.9 Å². The van der Waals surface area contributed by atoms with E-state index in [-0.39, 0.29) is 17.8 Å². The molecule has 1 N–H and O–H groups in total. The summed E-state index contributed by atoms with van der Waals surface area (Å²) in [6.07, 6.45) is 0.0477. The number of aromatic nitrogens is 2. The highest BCUT2D eigenvalue weighted by atomic mass is 16.5. The smallest absolute Gasteiger partial charge is 0.236 e. The SMILES string of the molecule is CC(C)Oc1nc2cc(O)ccc2nc1C(C)C. The van der Waals surface area contributed by atoms with Crippen molar-refractivity contribution >= 4 is 11.0 Å². The van der Waals surface area contributed by atoms with E-state index in [4.69, 9.17) is 4.74 Å². The van der Waals surface area contributed by atoms with Crippen LogP contribution in [-0.4, -0.2) is 21.2 Å². The molecule has 0 fully saturated rings. The first-order chi connectivity index (χ1) is 8.47. The number of hydrogen-bond donors (Lipinski definition) is 1. The molecule has 0 unspecified atom stereocenters. The zero-order chi connectivity index (χ0) is 13.3. The standard InChI is InChI=1S/C14H18N2O2/c1-8(2)13-14(18-9(3)4)16-12-7-10(17)5-6-11(12)15-13/h5-9,17H,1-4H3. The topological polar surface area (TPSA) is 55.2 Å². The predicted molar refractivity (Wildman–Crippen MR) is 71.1 cm³/mol. The normalized spacial score (nSPS) is 11.4. The first kappa shape index (κ1) is 12.6. The Hall–Kier alpha value is -1.84. The molecule has 0 aliphatic heterocycles. The largest absolute Gasteiger partial charge is 0.508 e. The highest BCUT2D eigenvalue weighted by Crippen LogP contribution is 2.27. The van der Waals surface area contributed by atoms with Gasteiger partial charge in [-0.25, -0.2) is 9.97 Å². The second-order valence-corrected chi connectivity index (χ2v) is 4.91. The maximum atomic E-state index is 9.47. The number of phenolic OH excluding ortho intramolecular Hbond substituents is 1. The molecular weight excluding hydrogens is 228 g/mol. The van der Waals surface area contributed by atoms with E-state index in [2.05, 4.69) is 23.8 Å². The molecule has 1 aromatic carbocycles. The van der Waals surface area contributed by atoms with Crippen molar-refractivity contribution in [1.29, 1.82) is 0 Å². The number of rotatable bonds is 3. The van der Waals surface area contributed by atoms with Crippen LogP contribution in [0.25, 0.3) is 11.0 Å². The van der Waals surface area contributed by atoms with E-state index in [9.17, 15) is 5.11 Å². The Kier molecular flexibility index (Phi) is 3.36. The van der Waals surface area contributed by atoms with Gasteiger partial charge < -0.3 is 9.84 Å². The molecule has 2 aromatic rings. The van der Waals surface area contributed by atoms with Gasteiger partial charge in [-0.2, -0.15) is 0 Å². The molecule has 0 saturated carbocycles. The van der Waals surface area contributed by atoms with Crippen molar-refractivity contribution in [2.45, 2.75) is 39.7 Å². The van der Waals surface area contributed by atoms with Crippen LogP contribution in [0.1, 0.15) is 39.3 Å². The Morgan fingerprint density at radius 2 is 1.78 bits per heavy atom. The van der Waals surface area contributed by atoms with E-state index in [0.29, 0.717) is 11.4 Å². The van der Waals surface area contributed by atoms with Gasteiger partial charge in [-0.15, -0.1) is 0 Å². The molecule has 1 heterocycles. The lowest BCUT2D eigenvalue weighted by Gasteiger charge is -2.15. The first-order valence-electron chi connectivity index (χ1n) is 6.14. The van der Waals surface area contributed by atoms with E-state index in [1.165, 1.54) is 0 Å². The molecule has 18 heavy (non-hydrogen) atoms. The van der Waals surface area contributed by atoms with E-state index < -0.39 is 0 Å². The average Bonchev–Trinajstić information content (AvgIpc) is 2.26. The number of nitrogens with zero attached hydrogens (tertiary/aromatic N) is 2. The third-order valence-corrected chi connectivity index (χ3v) is 2.54. The fourth-order valence-electron chi connectivity index (χ4n) is 1.73. The summed E-state index contributed by atoms with van der Waals surface area (Å²) in [6.45, 7) is 8.03. The molecule has 0 amide bonds. The molecule has 0 radical (unpaired) electrons. The number of hydrogen-bond acceptors (Lipinski definition) is 4. The first-order valence-corrected chi connectivity index (χ1v) is 6.14. The van der Waals surface area contributed by atoms with E-state index >= 15 is 0 Å². The van der Waals surface area contributed by atoms with E-state index in [1.54, 1.807) is 18.2 Å². The zero-order valence-electron chi connectivity index (χ0n) is 11.1. The Labute approximate surface area is 107 Å². The van der Waals surface area contributed by atoms with Crippen molar-refractivity contribution < 1.29 is 9.84 Å². The van der Waals surface area contributed by atoms with Gasteiger partial charge in [0.1, 0.15) is 11.4 Å². The van der Waals surface area contributed by atoms with Crippen molar-refractivity contribution in [2.24, 2.45) is 0 Å². The zero-order valence-corrected chi connectivity index (χ0v) is 11.1. The van der Waals surface area contributed by atoms with Gasteiger partial charge in [-0.1, -0.05) is 13.8 Å². The number of fused-ring (bicyclic) bond motifs is 1. The highest BCUT2D eigenvalue weighted by molar-refractivity contribution is 5.76. The van der Waals surface area contributed by atoms with Crippen LogP contribution in [0.5, 0.6) is 11.6 Å². The van der Waals surface area contributed by atoms with Crippen LogP contribution in [-0.2, 0) is 0 Å². The lowest BCUT2D eigenvalue weighted by molar-refractivity contribution is 0.228. The quantitative estimate of drug-likeness (QED) is 0.903. The summed E-state index contributed by atoms with van der Waals surface area (Å²) in [5.74, 6) is 0.979. The fourth-order valence-corrected chi connectivity index (χ4v) is 1.73. The van der Waals surface area contributed by atoms with Crippen molar-refractivity contribution in [3.8, 4) is 11.6 Å².